The number of hydrogen-bond acceptors (Lipinski definition) is 5. The number of sulfonamides is 1. The van der Waals surface area contributed by atoms with Crippen LogP contribution in [-0.4, -0.2) is 48.6 Å². The summed E-state index contributed by atoms with van der Waals surface area (Å²) in [5.74, 6) is -1.33. The maximum absolute atomic E-state index is 13.0. The molecule has 1 saturated heterocycles. The van der Waals surface area contributed by atoms with E-state index in [1.54, 1.807) is 6.92 Å². The fourth-order valence-corrected chi connectivity index (χ4v) is 5.69. The molecule has 1 unspecified atom stereocenters. The van der Waals surface area contributed by atoms with E-state index in [1.165, 1.54) is 22.5 Å². The average molecular weight is 498 g/mol. The number of nitrogens with zero attached hydrogens (tertiary/aromatic N) is 1. The van der Waals surface area contributed by atoms with Crippen LogP contribution >= 0.6 is 34.8 Å². The molecule has 1 aliphatic carbocycles. The van der Waals surface area contributed by atoms with Crippen molar-refractivity contribution in [3.8, 4) is 0 Å². The van der Waals surface area contributed by atoms with Crippen LogP contribution in [0.4, 0.5) is 5.69 Å². The predicted octanol–water partition coefficient (Wildman–Crippen LogP) is 3.97. The van der Waals surface area contributed by atoms with Crippen LogP contribution in [0.25, 0.3) is 0 Å². The number of ether oxygens (including phenoxy) is 1. The first-order valence-electron chi connectivity index (χ1n) is 9.62. The number of amides is 1. The molecule has 1 amide bonds. The maximum atomic E-state index is 13.0. The highest BCUT2D eigenvalue weighted by Crippen LogP contribution is 2.64. The van der Waals surface area contributed by atoms with Gasteiger partial charge in [-0.2, -0.15) is 4.31 Å². The fourth-order valence-electron chi connectivity index (χ4n) is 3.29. The van der Waals surface area contributed by atoms with Crippen molar-refractivity contribution in [2.75, 3.05) is 25.0 Å². The normalized spacial score (nSPS) is 24.0. The molecule has 1 saturated carbocycles. The lowest BCUT2D eigenvalue weighted by Crippen LogP contribution is -2.32. The van der Waals surface area contributed by atoms with Gasteiger partial charge in [-0.1, -0.05) is 24.4 Å². The molecule has 1 N–H and O–H groups in total. The van der Waals surface area contributed by atoms with Gasteiger partial charge in [-0.05, 0) is 38.0 Å². The summed E-state index contributed by atoms with van der Waals surface area (Å²) in [6.07, 6.45) is 3.87. The molecule has 11 heteroatoms. The Bertz CT molecular complexity index is 945. The Morgan fingerprint density at radius 3 is 2.33 bits per heavy atom. The van der Waals surface area contributed by atoms with E-state index in [0.717, 1.165) is 25.7 Å². The molecule has 166 valence electrons. The standard InChI is InChI=1S/C19H23Cl3N2O5S/c1-18(12-19(18,21)22)17(26)29-11-16(25)23-15-10-13(6-7-14(15)20)30(27,28)24-8-4-2-3-5-9-24/h6-7,10H,2-5,8-9,11-12H2,1H3,(H,23,25). The van der Waals surface area contributed by atoms with E-state index in [9.17, 15) is 18.0 Å². The Hall–Kier alpha value is -1.06. The third-order valence-electron chi connectivity index (χ3n) is 5.46. The number of rotatable bonds is 6. The third-order valence-corrected chi connectivity index (χ3v) is 8.78. The van der Waals surface area contributed by atoms with Crippen molar-refractivity contribution in [2.24, 2.45) is 5.41 Å². The van der Waals surface area contributed by atoms with Crippen LogP contribution in [0.1, 0.15) is 39.0 Å². The van der Waals surface area contributed by atoms with E-state index in [4.69, 9.17) is 39.5 Å². The van der Waals surface area contributed by atoms with Gasteiger partial charge in [0, 0.05) is 19.5 Å². The van der Waals surface area contributed by atoms with E-state index in [0.29, 0.717) is 13.1 Å². The number of esters is 1. The topological polar surface area (TPSA) is 92.8 Å². The quantitative estimate of drug-likeness (QED) is 0.474. The van der Waals surface area contributed by atoms with Crippen LogP contribution in [0.2, 0.25) is 5.02 Å². The van der Waals surface area contributed by atoms with Gasteiger partial charge in [-0.15, -0.1) is 23.2 Å². The van der Waals surface area contributed by atoms with Gasteiger partial charge in [0.05, 0.1) is 15.6 Å². The second-order valence-electron chi connectivity index (χ2n) is 7.80. The SMILES string of the molecule is CC1(C(=O)OCC(=O)Nc2cc(S(=O)(=O)N3CCCCCC3)ccc2Cl)CC1(Cl)Cl. The Labute approximate surface area is 191 Å². The number of carbonyl (C=O) groups is 2. The van der Waals surface area contributed by atoms with Crippen molar-refractivity contribution in [1.29, 1.82) is 0 Å². The average Bonchev–Trinajstić information content (AvgIpc) is 3.32. The molecule has 1 heterocycles. The largest absolute Gasteiger partial charge is 0.455 e. The zero-order chi connectivity index (χ0) is 22.2. The van der Waals surface area contributed by atoms with Crippen molar-refractivity contribution < 1.29 is 22.7 Å². The lowest BCUT2D eigenvalue weighted by atomic mass is 10.1. The zero-order valence-corrected chi connectivity index (χ0v) is 19.5. The van der Waals surface area contributed by atoms with Gasteiger partial charge in [0.1, 0.15) is 9.75 Å². The molecule has 0 bridgehead atoms. The Morgan fingerprint density at radius 1 is 1.17 bits per heavy atom. The molecule has 7 nitrogen and oxygen atoms in total. The second-order valence-corrected chi connectivity index (χ2v) is 11.6. The second kappa shape index (κ2) is 8.82. The first-order valence-corrected chi connectivity index (χ1v) is 12.2. The molecule has 0 radical (unpaired) electrons. The van der Waals surface area contributed by atoms with Crippen molar-refractivity contribution >= 4 is 62.4 Å². The number of hydrogen-bond donors (Lipinski definition) is 1. The summed E-state index contributed by atoms with van der Waals surface area (Å²) >= 11 is 18.0. The molecule has 1 aromatic carbocycles. The van der Waals surface area contributed by atoms with E-state index in [-0.39, 0.29) is 22.0 Å². The minimum absolute atomic E-state index is 0.0423. The predicted molar refractivity (Wildman–Crippen MR) is 115 cm³/mol. The molecule has 2 aliphatic rings. The van der Waals surface area contributed by atoms with Crippen LogP contribution in [0, 0.1) is 5.41 Å². The molecular formula is C19H23Cl3N2O5S. The summed E-state index contributed by atoms with van der Waals surface area (Å²) in [7, 11) is -3.70. The van der Waals surface area contributed by atoms with Gasteiger partial charge in [-0.25, -0.2) is 8.42 Å². The summed E-state index contributed by atoms with van der Waals surface area (Å²) in [5.41, 5.74) is -0.926. The molecule has 0 spiro atoms. The van der Waals surface area contributed by atoms with Gasteiger partial charge < -0.3 is 10.1 Å². The van der Waals surface area contributed by atoms with E-state index >= 15 is 0 Å². The first kappa shape index (κ1) is 23.6. The van der Waals surface area contributed by atoms with Crippen molar-refractivity contribution in [3.63, 3.8) is 0 Å². The molecule has 2 fully saturated rings. The van der Waals surface area contributed by atoms with Crippen LogP contribution in [0.5, 0.6) is 0 Å². The summed E-state index contributed by atoms with van der Waals surface area (Å²) in [5, 5.41) is 2.65. The number of nitrogens with one attached hydrogen (secondary N) is 1. The Morgan fingerprint density at radius 2 is 1.77 bits per heavy atom. The number of alkyl halides is 2. The highest BCUT2D eigenvalue weighted by atomic mass is 35.5. The zero-order valence-electron chi connectivity index (χ0n) is 16.4. The highest BCUT2D eigenvalue weighted by molar-refractivity contribution is 7.89. The van der Waals surface area contributed by atoms with Gasteiger partial charge >= 0.3 is 5.97 Å². The molecule has 30 heavy (non-hydrogen) atoms. The van der Waals surface area contributed by atoms with Gasteiger partial charge in [0.25, 0.3) is 5.91 Å². The van der Waals surface area contributed by atoms with Gasteiger partial charge in [0.2, 0.25) is 10.0 Å². The van der Waals surface area contributed by atoms with Crippen molar-refractivity contribution in [3.05, 3.63) is 23.2 Å². The maximum Gasteiger partial charge on any atom is 0.315 e. The summed E-state index contributed by atoms with van der Waals surface area (Å²) in [6, 6.07) is 4.13. The minimum atomic E-state index is -3.70. The Balaban J connectivity index is 1.66. The van der Waals surface area contributed by atoms with Crippen molar-refractivity contribution in [1.82, 2.24) is 4.31 Å². The minimum Gasteiger partial charge on any atom is -0.455 e. The fraction of sp³-hybridized carbons (Fsp3) is 0.579. The first-order chi connectivity index (χ1) is 14.0. The smallest absolute Gasteiger partial charge is 0.315 e. The molecular weight excluding hydrogens is 475 g/mol. The molecule has 3 rings (SSSR count). The number of halogens is 3. The van der Waals surface area contributed by atoms with Crippen molar-refractivity contribution in [2.45, 2.75) is 48.3 Å². The third kappa shape index (κ3) is 4.88. The summed E-state index contributed by atoms with van der Waals surface area (Å²) < 4.78 is 31.2. The van der Waals surface area contributed by atoms with Crippen LogP contribution in [-0.2, 0) is 24.3 Å². The van der Waals surface area contributed by atoms with Gasteiger partial charge in [-0.3, -0.25) is 9.59 Å². The van der Waals surface area contributed by atoms with Crippen LogP contribution < -0.4 is 5.32 Å². The molecule has 0 aromatic heterocycles. The molecule has 1 atom stereocenters. The van der Waals surface area contributed by atoms with Crippen LogP contribution in [0.3, 0.4) is 0 Å². The number of anilines is 1. The number of carbonyl (C=O) groups excluding carboxylic acids is 2. The summed E-state index contributed by atoms with van der Waals surface area (Å²) in [6.45, 7) is 1.91. The summed E-state index contributed by atoms with van der Waals surface area (Å²) in [4.78, 5) is 24.3. The molecule has 1 aliphatic heterocycles. The van der Waals surface area contributed by atoms with E-state index < -0.39 is 38.3 Å². The lowest BCUT2D eigenvalue weighted by molar-refractivity contribution is -0.152. The lowest BCUT2D eigenvalue weighted by Gasteiger charge is -2.20. The van der Waals surface area contributed by atoms with Gasteiger partial charge in [0.15, 0.2) is 6.61 Å². The Kier molecular flexibility index (Phi) is 6.94. The highest BCUT2D eigenvalue weighted by Gasteiger charge is 2.69. The number of benzene rings is 1. The van der Waals surface area contributed by atoms with E-state index in [1.807, 2.05) is 0 Å². The van der Waals surface area contributed by atoms with E-state index in [2.05, 4.69) is 5.32 Å². The van der Waals surface area contributed by atoms with Crippen LogP contribution in [0.15, 0.2) is 23.1 Å². The molecule has 1 aromatic rings. The monoisotopic (exact) mass is 496 g/mol.